The van der Waals surface area contributed by atoms with Crippen LogP contribution in [0.2, 0.25) is 0 Å². The number of fused-ring (bicyclic) bond motifs is 1. The van der Waals surface area contributed by atoms with Crippen LogP contribution in [0.15, 0.2) is 78.9 Å². The van der Waals surface area contributed by atoms with E-state index in [0.717, 1.165) is 38.9 Å². The van der Waals surface area contributed by atoms with Crippen LogP contribution < -0.4 is 39.5 Å². The summed E-state index contributed by atoms with van der Waals surface area (Å²) in [6.45, 7) is 2.76. The number of pyridine rings is 1. The molecule has 0 aliphatic heterocycles. The fourth-order valence-electron chi connectivity index (χ4n) is 4.07. The largest absolute Gasteiger partial charge is 1.00 e. The molecule has 0 bridgehead atoms. The summed E-state index contributed by atoms with van der Waals surface area (Å²) in [6.07, 6.45) is 0. The molecule has 0 unspecified atom stereocenters. The van der Waals surface area contributed by atoms with Gasteiger partial charge in [0.05, 0.1) is 23.6 Å². The van der Waals surface area contributed by atoms with Crippen molar-refractivity contribution in [2.45, 2.75) is 20.1 Å². The molecule has 0 aliphatic carbocycles. The molecule has 6 rings (SSSR count). The van der Waals surface area contributed by atoms with E-state index in [1.807, 2.05) is 79.7 Å². The summed E-state index contributed by atoms with van der Waals surface area (Å²) in [5.74, 6) is 1.69. The third-order valence-electron chi connectivity index (χ3n) is 5.80. The second-order valence-electron chi connectivity index (χ2n) is 8.27. The predicted molar refractivity (Wildman–Crippen MR) is 132 cm³/mol. The number of benzene rings is 3. The average Bonchev–Trinajstić information content (AvgIpc) is 3.61. The topological polar surface area (TPSA) is 118 Å². The second-order valence-corrected chi connectivity index (χ2v) is 8.27. The van der Waals surface area contributed by atoms with Crippen LogP contribution >= 0.6 is 0 Å². The van der Waals surface area contributed by atoms with Gasteiger partial charge in [-0.1, -0.05) is 54.6 Å². The minimum absolute atomic E-state index is 0. The molecule has 0 N–H and O–H groups in total. The molecule has 0 radical (unpaired) electrons. The molecular weight excluding hydrogens is 477 g/mol. The maximum absolute atomic E-state index is 6.00. The van der Waals surface area contributed by atoms with Gasteiger partial charge in [0.25, 0.3) is 0 Å². The van der Waals surface area contributed by atoms with E-state index in [9.17, 15) is 0 Å². The maximum atomic E-state index is 6.00. The van der Waals surface area contributed by atoms with Gasteiger partial charge >= 0.3 is 29.6 Å². The summed E-state index contributed by atoms with van der Waals surface area (Å²) in [7, 11) is 0. The van der Waals surface area contributed by atoms with Gasteiger partial charge in [-0.3, -0.25) is 10.4 Å². The van der Waals surface area contributed by atoms with Crippen LogP contribution in [0, 0.1) is 6.92 Å². The molecular formula is C26H20N9NaO. The van der Waals surface area contributed by atoms with Crippen LogP contribution in [-0.2, 0) is 13.2 Å². The fraction of sp³-hybridized carbons (Fsp3) is 0.115. The molecule has 3 heterocycles. The molecule has 37 heavy (non-hydrogen) atoms. The Hall–Kier alpha value is -3.99. The van der Waals surface area contributed by atoms with Crippen molar-refractivity contribution in [1.29, 1.82) is 0 Å². The van der Waals surface area contributed by atoms with Crippen molar-refractivity contribution in [3.8, 4) is 28.5 Å². The van der Waals surface area contributed by atoms with Gasteiger partial charge in [0.2, 0.25) is 5.82 Å². The number of rotatable bonds is 7. The molecule has 10 nitrogen and oxygen atoms in total. The Labute approximate surface area is 234 Å². The van der Waals surface area contributed by atoms with E-state index in [1.165, 1.54) is 0 Å². The molecule has 0 amide bonds. The summed E-state index contributed by atoms with van der Waals surface area (Å²) in [6, 6.07) is 25.6. The van der Waals surface area contributed by atoms with Gasteiger partial charge in [0.15, 0.2) is 0 Å². The van der Waals surface area contributed by atoms with Crippen molar-refractivity contribution in [3.63, 3.8) is 0 Å². The monoisotopic (exact) mass is 497 g/mol. The molecule has 0 fully saturated rings. The minimum atomic E-state index is 0. The number of nitrogens with zero attached hydrogens (tertiary/aromatic N) is 9. The van der Waals surface area contributed by atoms with Crippen LogP contribution in [0.4, 0.5) is 0 Å². The van der Waals surface area contributed by atoms with Crippen LogP contribution in [0.25, 0.3) is 33.7 Å². The summed E-state index contributed by atoms with van der Waals surface area (Å²) >= 11 is 0. The molecule has 11 heteroatoms. The van der Waals surface area contributed by atoms with Crippen molar-refractivity contribution in [3.05, 3.63) is 95.7 Å². The fourth-order valence-corrected chi connectivity index (χ4v) is 4.07. The molecule has 0 saturated carbocycles. The zero-order valence-corrected chi connectivity index (χ0v) is 22.4. The summed E-state index contributed by atoms with van der Waals surface area (Å²) in [5, 5.41) is 29.4. The molecule has 6 aromatic rings. The number of ether oxygens (including phenoxy) is 1. The average molecular weight is 497 g/mol. The normalized spacial score (nSPS) is 10.8. The first-order valence-corrected chi connectivity index (χ1v) is 11.4. The van der Waals surface area contributed by atoms with Crippen LogP contribution in [-0.4, -0.2) is 40.6 Å². The predicted octanol–water partition coefficient (Wildman–Crippen LogP) is 0.637. The van der Waals surface area contributed by atoms with E-state index in [0.29, 0.717) is 30.5 Å². The first-order valence-electron chi connectivity index (χ1n) is 11.4. The van der Waals surface area contributed by atoms with Crippen molar-refractivity contribution in [1.82, 2.24) is 45.8 Å². The van der Waals surface area contributed by atoms with E-state index in [1.54, 1.807) is 4.80 Å². The van der Waals surface area contributed by atoms with Gasteiger partial charge in [-0.2, -0.15) is 4.80 Å². The summed E-state index contributed by atoms with van der Waals surface area (Å²) in [5.41, 5.74) is 5.46. The standard InChI is InChI=1S/C26H20N9O.Na/c1-17-6-4-9-20(24(17)26-28-32-33-29-26)15-35-31-25(30-34-35)19-8-5-10-22(14-19)36-16-21-13-12-18-7-2-3-11-23(18)27-21;/h2-14H,15-16H2,1H3;/q-1;+1. The van der Waals surface area contributed by atoms with E-state index in [-0.39, 0.29) is 29.6 Å². The zero-order valence-electron chi connectivity index (χ0n) is 20.4. The van der Waals surface area contributed by atoms with Crippen molar-refractivity contribution in [2.24, 2.45) is 0 Å². The first-order chi connectivity index (χ1) is 17.7. The summed E-state index contributed by atoms with van der Waals surface area (Å²) in [4.78, 5) is 6.21. The number of aromatic nitrogens is 9. The van der Waals surface area contributed by atoms with Gasteiger partial charge in [-0.25, -0.2) is 10.1 Å². The number of tetrazole rings is 2. The van der Waals surface area contributed by atoms with Crippen LogP contribution in [0.5, 0.6) is 5.75 Å². The zero-order chi connectivity index (χ0) is 24.3. The molecule has 0 saturated heterocycles. The number of aryl methyl sites for hydroxylation is 1. The Morgan fingerprint density at radius 3 is 2.68 bits per heavy atom. The quantitative estimate of drug-likeness (QED) is 0.293. The van der Waals surface area contributed by atoms with E-state index in [2.05, 4.69) is 47.1 Å². The Balaban J connectivity index is 0.00000280. The Bertz CT molecular complexity index is 1650. The molecule has 3 aromatic heterocycles. The van der Waals surface area contributed by atoms with Gasteiger partial charge < -0.3 is 9.84 Å². The number of hydrogen-bond acceptors (Lipinski definition) is 8. The van der Waals surface area contributed by atoms with E-state index in [4.69, 9.17) is 4.74 Å². The first kappa shape index (κ1) is 24.7. The van der Waals surface area contributed by atoms with E-state index < -0.39 is 0 Å². The van der Waals surface area contributed by atoms with Crippen molar-refractivity contribution < 1.29 is 34.3 Å². The molecule has 0 atom stereocenters. The third kappa shape index (κ3) is 5.41. The minimum Gasteiger partial charge on any atom is -0.487 e. The van der Waals surface area contributed by atoms with Crippen LogP contribution in [0.3, 0.4) is 0 Å². The Kier molecular flexibility index (Phi) is 7.31. The number of para-hydroxylation sites is 1. The molecule has 0 aliphatic rings. The van der Waals surface area contributed by atoms with Crippen molar-refractivity contribution in [2.75, 3.05) is 0 Å². The van der Waals surface area contributed by atoms with E-state index >= 15 is 0 Å². The molecule has 0 spiro atoms. The van der Waals surface area contributed by atoms with Crippen molar-refractivity contribution >= 4 is 10.9 Å². The Morgan fingerprint density at radius 2 is 1.78 bits per heavy atom. The SMILES string of the molecule is Cc1cccc(Cn2nnc(-c3cccc(OCc4ccc5ccccc5n4)c3)n2)c1-c1nn[n-]n1.[Na+]. The smallest absolute Gasteiger partial charge is 0.487 e. The number of hydrogen-bond donors (Lipinski definition) is 0. The van der Waals surface area contributed by atoms with Gasteiger partial charge in [-0.15, -0.1) is 10.2 Å². The van der Waals surface area contributed by atoms with Crippen LogP contribution in [0.1, 0.15) is 16.8 Å². The van der Waals surface area contributed by atoms with Gasteiger partial charge in [0.1, 0.15) is 12.4 Å². The molecule has 176 valence electrons. The maximum Gasteiger partial charge on any atom is 1.00 e. The van der Waals surface area contributed by atoms with Gasteiger partial charge in [-0.05, 0) is 47.5 Å². The third-order valence-corrected chi connectivity index (χ3v) is 5.80. The second kappa shape index (κ2) is 11.0. The van der Waals surface area contributed by atoms with Gasteiger partial charge in [0, 0.05) is 16.5 Å². The summed E-state index contributed by atoms with van der Waals surface area (Å²) < 4.78 is 6.00. The molecule has 3 aromatic carbocycles. The Morgan fingerprint density at radius 1 is 0.892 bits per heavy atom.